The largest absolute Gasteiger partial charge is 0.497 e. The van der Waals surface area contributed by atoms with Crippen molar-refractivity contribution in [2.45, 2.75) is 83.5 Å². The molecule has 196 valence electrons. The molecule has 9 heteroatoms. The Morgan fingerprint density at radius 3 is 2.72 bits per heavy atom. The molecule has 36 heavy (non-hydrogen) atoms. The van der Waals surface area contributed by atoms with E-state index in [4.69, 9.17) is 28.4 Å². The highest BCUT2D eigenvalue weighted by Gasteiger charge is 2.37. The maximum atomic E-state index is 12.5. The van der Waals surface area contributed by atoms with E-state index in [9.17, 15) is 4.79 Å². The molecule has 9 nitrogen and oxygen atoms in total. The molecule has 4 rings (SSSR count). The average Bonchev–Trinajstić information content (AvgIpc) is 3.15. The molecule has 0 radical (unpaired) electrons. The van der Waals surface area contributed by atoms with Crippen molar-refractivity contribution in [2.75, 3.05) is 13.7 Å². The van der Waals surface area contributed by atoms with E-state index in [1.165, 1.54) is 0 Å². The maximum Gasteiger partial charge on any atom is 0.407 e. The first-order chi connectivity index (χ1) is 17.0. The quantitative estimate of drug-likeness (QED) is 0.562. The molecule has 3 heterocycles. The Morgan fingerprint density at radius 2 is 2.03 bits per heavy atom. The van der Waals surface area contributed by atoms with Gasteiger partial charge in [-0.05, 0) is 57.9 Å². The molecule has 1 aromatic heterocycles. The molecule has 2 aliphatic rings. The number of carbonyl (C=O) groups is 1. The molecule has 0 saturated carbocycles. The summed E-state index contributed by atoms with van der Waals surface area (Å²) in [5.41, 5.74) is 0.237. The zero-order valence-corrected chi connectivity index (χ0v) is 21.8. The number of nitrogens with zero attached hydrogens (tertiary/aromatic N) is 1. The number of methoxy groups -OCH3 is 1. The first-order valence-electron chi connectivity index (χ1n) is 12.3. The molecule has 0 unspecified atom stereocenters. The van der Waals surface area contributed by atoms with Gasteiger partial charge in [0.2, 0.25) is 5.79 Å². The number of alkyl carbamates (subject to hydrolysis) is 1. The molecule has 1 saturated heterocycles. The zero-order valence-electron chi connectivity index (χ0n) is 21.8. The molecule has 2 aromatic rings. The molecule has 0 aliphatic carbocycles. The number of aromatic nitrogens is 1. The van der Waals surface area contributed by atoms with Crippen LogP contribution in [0.25, 0.3) is 10.9 Å². The second-order valence-electron chi connectivity index (χ2n) is 10.5. The number of hydrogen-bond acceptors (Lipinski definition) is 8. The predicted octanol–water partition coefficient (Wildman–Crippen LogP) is 5.08. The number of nitrogens with one attached hydrogen (secondary N) is 1. The Labute approximate surface area is 212 Å². The van der Waals surface area contributed by atoms with E-state index in [0.29, 0.717) is 37.4 Å². The van der Waals surface area contributed by atoms with Crippen molar-refractivity contribution in [1.82, 2.24) is 10.3 Å². The second-order valence-corrected chi connectivity index (χ2v) is 10.5. The van der Waals surface area contributed by atoms with Gasteiger partial charge in [-0.2, -0.15) is 0 Å². The third kappa shape index (κ3) is 6.72. The molecule has 1 aromatic carbocycles. The normalized spacial score (nSPS) is 23.3. The van der Waals surface area contributed by atoms with E-state index in [1.807, 2.05) is 58.9 Å². The summed E-state index contributed by atoms with van der Waals surface area (Å²) in [5, 5.41) is 3.85. The highest BCUT2D eigenvalue weighted by Crippen LogP contribution is 2.33. The highest BCUT2D eigenvalue weighted by molar-refractivity contribution is 5.86. The number of benzene rings is 1. The monoisotopic (exact) mass is 500 g/mol. The predicted molar refractivity (Wildman–Crippen MR) is 134 cm³/mol. The Kier molecular flexibility index (Phi) is 7.49. The van der Waals surface area contributed by atoms with Crippen molar-refractivity contribution in [1.29, 1.82) is 0 Å². The fraction of sp³-hybridized carbons (Fsp3) is 0.556. The SMILES string of the molecule is COc1ccc2nccc(OC[C@@H]3CC[C@@H](NC(=O)OC(C)(C)C)[C@@H](CC4=COC(C)(C)O4)O3)c2c1. The lowest BCUT2D eigenvalue weighted by atomic mass is 9.96. The van der Waals surface area contributed by atoms with Crippen molar-refractivity contribution in [3.8, 4) is 11.5 Å². The minimum absolute atomic E-state index is 0.170. The van der Waals surface area contributed by atoms with Gasteiger partial charge in [0, 0.05) is 31.9 Å². The van der Waals surface area contributed by atoms with E-state index >= 15 is 0 Å². The lowest BCUT2D eigenvalue weighted by Gasteiger charge is -2.37. The third-order valence-electron chi connectivity index (χ3n) is 5.90. The molecule has 2 aliphatic heterocycles. The van der Waals surface area contributed by atoms with Crippen LogP contribution in [0.1, 0.15) is 53.9 Å². The van der Waals surface area contributed by atoms with Crippen molar-refractivity contribution in [3.05, 3.63) is 42.5 Å². The van der Waals surface area contributed by atoms with E-state index in [-0.39, 0.29) is 18.2 Å². The summed E-state index contributed by atoms with van der Waals surface area (Å²) in [6, 6.07) is 7.28. The minimum Gasteiger partial charge on any atom is -0.497 e. The summed E-state index contributed by atoms with van der Waals surface area (Å²) in [6.07, 6.45) is 4.24. The Hall–Kier alpha value is -3.20. The number of carbonyl (C=O) groups excluding carboxylic acids is 1. The molecule has 1 N–H and O–H groups in total. The van der Waals surface area contributed by atoms with E-state index in [0.717, 1.165) is 16.7 Å². The molecular weight excluding hydrogens is 464 g/mol. The van der Waals surface area contributed by atoms with Gasteiger partial charge in [-0.3, -0.25) is 4.98 Å². The minimum atomic E-state index is -0.718. The molecule has 3 atom stereocenters. The number of hydrogen-bond donors (Lipinski definition) is 1. The first-order valence-corrected chi connectivity index (χ1v) is 12.3. The van der Waals surface area contributed by atoms with Gasteiger partial charge in [-0.1, -0.05) is 0 Å². The highest BCUT2D eigenvalue weighted by atomic mass is 16.7. The third-order valence-corrected chi connectivity index (χ3v) is 5.90. The number of rotatable bonds is 7. The fourth-order valence-electron chi connectivity index (χ4n) is 4.29. The van der Waals surface area contributed by atoms with Crippen LogP contribution in [0.2, 0.25) is 0 Å². The van der Waals surface area contributed by atoms with Gasteiger partial charge in [0.1, 0.15) is 35.7 Å². The second kappa shape index (κ2) is 10.4. The fourth-order valence-corrected chi connectivity index (χ4v) is 4.29. The summed E-state index contributed by atoms with van der Waals surface area (Å²) >= 11 is 0. The van der Waals surface area contributed by atoms with Gasteiger partial charge in [-0.25, -0.2) is 4.79 Å². The van der Waals surface area contributed by atoms with Crippen LogP contribution >= 0.6 is 0 Å². The number of pyridine rings is 1. The van der Waals surface area contributed by atoms with Crippen LogP contribution in [0.4, 0.5) is 4.79 Å². The van der Waals surface area contributed by atoms with Crippen molar-refractivity contribution in [3.63, 3.8) is 0 Å². The van der Waals surface area contributed by atoms with Gasteiger partial charge in [-0.15, -0.1) is 0 Å². The first kappa shape index (κ1) is 25.9. The van der Waals surface area contributed by atoms with Crippen LogP contribution < -0.4 is 14.8 Å². The van der Waals surface area contributed by atoms with Crippen molar-refractivity contribution in [2.24, 2.45) is 0 Å². The topological polar surface area (TPSA) is 97.4 Å². The van der Waals surface area contributed by atoms with Crippen molar-refractivity contribution >= 4 is 17.0 Å². The van der Waals surface area contributed by atoms with Crippen molar-refractivity contribution < 1.29 is 33.2 Å². The smallest absolute Gasteiger partial charge is 0.407 e. The summed E-state index contributed by atoms with van der Waals surface area (Å²) in [4.78, 5) is 16.9. The lowest BCUT2D eigenvalue weighted by molar-refractivity contribution is -0.127. The Balaban J connectivity index is 1.43. The summed E-state index contributed by atoms with van der Waals surface area (Å²) in [7, 11) is 1.63. The molecule has 1 fully saturated rings. The van der Waals surface area contributed by atoms with E-state index in [2.05, 4.69) is 10.3 Å². The summed E-state index contributed by atoms with van der Waals surface area (Å²) in [5.74, 6) is 1.41. The van der Waals surface area contributed by atoms with Gasteiger partial charge in [0.15, 0.2) is 0 Å². The summed E-state index contributed by atoms with van der Waals surface area (Å²) < 4.78 is 34.9. The number of amides is 1. The van der Waals surface area contributed by atoms with Gasteiger partial charge >= 0.3 is 6.09 Å². The average molecular weight is 501 g/mol. The summed E-state index contributed by atoms with van der Waals surface area (Å²) in [6.45, 7) is 9.56. The molecular formula is C27H36N2O7. The number of fused-ring (bicyclic) bond motifs is 1. The zero-order chi connectivity index (χ0) is 25.9. The maximum absolute atomic E-state index is 12.5. The Morgan fingerprint density at radius 1 is 1.22 bits per heavy atom. The molecule has 1 amide bonds. The van der Waals surface area contributed by atoms with E-state index in [1.54, 1.807) is 19.6 Å². The van der Waals surface area contributed by atoms with Crippen LogP contribution in [0.3, 0.4) is 0 Å². The molecule has 0 bridgehead atoms. The van der Waals surface area contributed by atoms with Crippen LogP contribution in [0.15, 0.2) is 42.5 Å². The molecule has 0 spiro atoms. The van der Waals surface area contributed by atoms with Crippen LogP contribution in [0.5, 0.6) is 11.5 Å². The van der Waals surface area contributed by atoms with Gasteiger partial charge in [0.25, 0.3) is 0 Å². The van der Waals surface area contributed by atoms with Crippen LogP contribution in [-0.4, -0.2) is 54.4 Å². The van der Waals surface area contributed by atoms with E-state index < -0.39 is 17.5 Å². The lowest BCUT2D eigenvalue weighted by Crippen LogP contribution is -2.51. The van der Waals surface area contributed by atoms with Gasteiger partial charge < -0.3 is 33.7 Å². The van der Waals surface area contributed by atoms with Gasteiger partial charge in [0.05, 0.1) is 30.9 Å². The number of ether oxygens (including phenoxy) is 6. The van der Waals surface area contributed by atoms with Crippen LogP contribution in [-0.2, 0) is 18.9 Å². The van der Waals surface area contributed by atoms with Crippen LogP contribution in [0, 0.1) is 0 Å². The standard InChI is InChI=1S/C27H36N2O7/c1-26(2,3)36-25(30)29-22-10-8-18(34-24(22)14-19-16-33-27(4,5)35-19)15-32-23-11-12-28-21-9-7-17(31-6)13-20(21)23/h7,9,11-13,16,18,22,24H,8,10,14-15H2,1-6H3,(H,29,30)/t18-,22+,24+/m0/s1. The Bertz CT molecular complexity index is 1110.